The summed E-state index contributed by atoms with van der Waals surface area (Å²) in [7, 11) is 3.74. The van der Waals surface area contributed by atoms with Gasteiger partial charge < -0.3 is 45.6 Å². The van der Waals surface area contributed by atoms with Crippen LogP contribution in [0.2, 0.25) is 0 Å². The predicted molar refractivity (Wildman–Crippen MR) is 223 cm³/mol. The van der Waals surface area contributed by atoms with Crippen molar-refractivity contribution in [3.63, 3.8) is 0 Å². The Bertz CT molecular complexity index is 1600. The highest BCUT2D eigenvalue weighted by Gasteiger charge is 2.33. The first-order chi connectivity index (χ1) is 26.6. The zero-order valence-electron chi connectivity index (χ0n) is 33.3. The number of aromatic hydroxyl groups is 1. The molecule has 0 aliphatic carbocycles. The summed E-state index contributed by atoms with van der Waals surface area (Å²) in [6.07, 6.45) is 3.79. The minimum Gasteiger partial charge on any atom is -0.506 e. The second-order valence-electron chi connectivity index (χ2n) is 15.5. The summed E-state index contributed by atoms with van der Waals surface area (Å²) in [5.41, 5.74) is 1.03. The maximum absolute atomic E-state index is 14.2. The van der Waals surface area contributed by atoms with E-state index in [2.05, 4.69) is 70.0 Å². The summed E-state index contributed by atoms with van der Waals surface area (Å²) in [5, 5.41) is 21.7. The molecule has 16 heteroatoms. The summed E-state index contributed by atoms with van der Waals surface area (Å²) in [6.45, 7) is 10.8. The average molecular weight is 910 g/mol. The number of halogens is 2. The van der Waals surface area contributed by atoms with Crippen molar-refractivity contribution in [2.75, 3.05) is 66.5 Å². The van der Waals surface area contributed by atoms with E-state index in [-0.39, 0.29) is 18.1 Å². The Morgan fingerprint density at radius 1 is 0.875 bits per heavy atom. The van der Waals surface area contributed by atoms with Crippen LogP contribution in [0.5, 0.6) is 11.5 Å². The topological polar surface area (TPSA) is 165 Å². The van der Waals surface area contributed by atoms with Crippen molar-refractivity contribution in [1.82, 2.24) is 36.0 Å². The van der Waals surface area contributed by atoms with E-state index in [0.29, 0.717) is 72.4 Å². The van der Waals surface area contributed by atoms with Gasteiger partial charge in [0, 0.05) is 51.7 Å². The summed E-state index contributed by atoms with van der Waals surface area (Å²) in [5.74, 6) is 0.0553. The molecule has 2 aromatic rings. The molecule has 2 aromatic carbocycles. The lowest BCUT2D eigenvalue weighted by molar-refractivity contribution is -0.139. The first-order valence-corrected chi connectivity index (χ1v) is 21.0. The maximum atomic E-state index is 14.2. The van der Waals surface area contributed by atoms with Gasteiger partial charge in [0.2, 0.25) is 11.8 Å². The van der Waals surface area contributed by atoms with E-state index >= 15 is 0 Å². The summed E-state index contributed by atoms with van der Waals surface area (Å²) in [4.78, 5) is 60.5. The molecule has 2 saturated heterocycles. The highest BCUT2D eigenvalue weighted by Crippen LogP contribution is 2.33. The van der Waals surface area contributed by atoms with Crippen LogP contribution in [0.3, 0.4) is 0 Å². The summed E-state index contributed by atoms with van der Waals surface area (Å²) >= 11 is 6.72. The normalized spacial score (nSPS) is 16.7. The zero-order valence-corrected chi connectivity index (χ0v) is 36.5. The van der Waals surface area contributed by atoms with Crippen molar-refractivity contribution in [3.8, 4) is 11.5 Å². The van der Waals surface area contributed by atoms with E-state index in [0.717, 1.165) is 50.3 Å². The molecule has 2 fully saturated rings. The van der Waals surface area contributed by atoms with Crippen LogP contribution in [0.25, 0.3) is 0 Å². The minimum atomic E-state index is -1.06. The van der Waals surface area contributed by atoms with Gasteiger partial charge in [0.25, 0.3) is 0 Å². The molecule has 4 rings (SSSR count). The molecule has 0 unspecified atom stereocenters. The fraction of sp³-hybridized carbons (Fsp3) is 0.600. The highest BCUT2D eigenvalue weighted by molar-refractivity contribution is 9.11. The number of carbonyl (C=O) groups is 4. The van der Waals surface area contributed by atoms with Crippen LogP contribution in [-0.2, 0) is 27.2 Å². The van der Waals surface area contributed by atoms with E-state index < -0.39 is 35.7 Å². The number of piperazine rings is 1. The van der Waals surface area contributed by atoms with E-state index in [9.17, 15) is 24.3 Å². The van der Waals surface area contributed by atoms with Crippen molar-refractivity contribution in [1.29, 1.82) is 0 Å². The molecule has 310 valence electrons. The molecule has 0 radical (unpaired) electrons. The molecule has 0 saturated carbocycles. The van der Waals surface area contributed by atoms with Gasteiger partial charge in [0.05, 0.1) is 16.1 Å². The second-order valence-corrected chi connectivity index (χ2v) is 17.3. The number of piperidine rings is 1. The Labute approximate surface area is 348 Å². The average Bonchev–Trinajstić information content (AvgIpc) is 3.15. The third kappa shape index (κ3) is 14.7. The first kappa shape index (κ1) is 45.1. The Morgan fingerprint density at radius 3 is 2.20 bits per heavy atom. The first-order valence-electron chi connectivity index (χ1n) is 19.4. The number of hydrogen-bond donors (Lipinski definition) is 5. The van der Waals surface area contributed by atoms with Gasteiger partial charge in [-0.2, -0.15) is 0 Å². The molecule has 14 nitrogen and oxygen atoms in total. The number of phenolic OH excluding ortho intramolecular Hbond substituents is 1. The summed E-state index contributed by atoms with van der Waals surface area (Å²) < 4.78 is 11.5. The van der Waals surface area contributed by atoms with Crippen molar-refractivity contribution < 1.29 is 33.8 Å². The zero-order chi connectivity index (χ0) is 40.8. The molecule has 0 aromatic heterocycles. The van der Waals surface area contributed by atoms with Gasteiger partial charge in [-0.1, -0.05) is 12.1 Å². The van der Waals surface area contributed by atoms with Gasteiger partial charge in [-0.25, -0.2) is 9.59 Å². The smallest absolute Gasteiger partial charge is 0.407 e. The van der Waals surface area contributed by atoms with Gasteiger partial charge >= 0.3 is 12.1 Å². The Morgan fingerprint density at radius 2 is 1.55 bits per heavy atom. The number of likely N-dealkylation sites (tertiary alicyclic amines) is 1. The number of benzene rings is 2. The van der Waals surface area contributed by atoms with Crippen LogP contribution in [0.4, 0.5) is 9.59 Å². The number of nitrogens with one attached hydrogen (secondary N) is 4. The van der Waals surface area contributed by atoms with Gasteiger partial charge in [0.1, 0.15) is 29.2 Å². The number of alkyl carbamates (subject to hydrolysis) is 1. The lowest BCUT2D eigenvalue weighted by Gasteiger charge is -2.42. The fourth-order valence-electron chi connectivity index (χ4n) is 6.93. The van der Waals surface area contributed by atoms with Crippen molar-refractivity contribution in [2.24, 2.45) is 0 Å². The maximum Gasteiger partial charge on any atom is 0.407 e. The number of unbranched alkanes of at least 4 members (excludes halogenated alkanes) is 1. The number of hydrogen-bond acceptors (Lipinski definition) is 9. The van der Waals surface area contributed by atoms with E-state index in [1.807, 2.05) is 29.2 Å². The van der Waals surface area contributed by atoms with E-state index in [1.165, 1.54) is 0 Å². The lowest BCUT2D eigenvalue weighted by atomic mass is 10.0. The third-order valence-electron chi connectivity index (χ3n) is 10.0. The number of phenols is 1. The molecule has 2 aliphatic rings. The molecule has 5 amide bonds. The van der Waals surface area contributed by atoms with Crippen molar-refractivity contribution >= 4 is 55.8 Å². The van der Waals surface area contributed by atoms with Gasteiger partial charge in [-0.15, -0.1) is 0 Å². The largest absolute Gasteiger partial charge is 0.506 e. The van der Waals surface area contributed by atoms with Crippen LogP contribution >= 0.6 is 31.9 Å². The fourth-order valence-corrected chi connectivity index (χ4v) is 8.22. The molecule has 0 spiro atoms. The van der Waals surface area contributed by atoms with Crippen LogP contribution in [-0.4, -0.2) is 134 Å². The molecule has 56 heavy (non-hydrogen) atoms. The van der Waals surface area contributed by atoms with Crippen LogP contribution in [0, 0.1) is 0 Å². The number of methoxy groups -OCH3 is 1. The molecule has 2 aliphatic heterocycles. The Balaban J connectivity index is 1.45. The van der Waals surface area contributed by atoms with Crippen molar-refractivity contribution in [3.05, 3.63) is 56.5 Å². The van der Waals surface area contributed by atoms with Crippen molar-refractivity contribution in [2.45, 2.75) is 89.4 Å². The number of ether oxygens (including phenoxy) is 2. The minimum absolute atomic E-state index is 0.0146. The van der Waals surface area contributed by atoms with Gasteiger partial charge in [-0.3, -0.25) is 14.5 Å². The van der Waals surface area contributed by atoms with Crippen LogP contribution < -0.4 is 26.0 Å². The van der Waals surface area contributed by atoms with Crippen LogP contribution in [0.1, 0.15) is 64.0 Å². The monoisotopic (exact) mass is 907 g/mol. The second kappa shape index (κ2) is 21.8. The molecule has 2 atom stereocenters. The van der Waals surface area contributed by atoms with Gasteiger partial charge in [0.15, 0.2) is 0 Å². The number of carbonyl (C=O) groups excluding carboxylic acids is 4. The Kier molecular flexibility index (Phi) is 17.6. The van der Waals surface area contributed by atoms with E-state index in [1.54, 1.807) is 40.0 Å². The number of urea groups is 1. The summed E-state index contributed by atoms with van der Waals surface area (Å²) in [6, 6.07) is 9.01. The molecular formula is C40H59Br2N7O7. The van der Waals surface area contributed by atoms with Gasteiger partial charge in [-0.05, 0) is 147 Å². The van der Waals surface area contributed by atoms with E-state index in [4.69, 9.17) is 9.47 Å². The molecule has 2 heterocycles. The quantitative estimate of drug-likeness (QED) is 0.149. The number of nitrogens with zero attached hydrogens (tertiary/aromatic N) is 3. The molecule has 5 N–H and O–H groups in total. The SMILES string of the molecule is COc1cccc(CCNC(=O)N[C@@H](Cc2cc(Br)c(O)c(Br)c2)C(=O)N[C@@H](CCCCNC(=O)OC(C)(C)C)C(=O)N2CCN(C3CCN(C)CC3)CC2)c1. The highest BCUT2D eigenvalue weighted by atomic mass is 79.9. The Hall–Kier alpha value is -3.60. The standard InChI is InChI=1S/C40H59Br2N7O7/c1-40(2,3)56-39(54)44-15-7-6-11-33(37(52)49-21-19-48(20-22-49)29-13-17-47(4)18-14-29)45-36(51)34(26-28-24-31(41)35(50)32(42)25-28)46-38(53)43-16-12-27-9-8-10-30(23-27)55-5/h8-10,23-25,29,33-34,50H,6-7,11-22,26H2,1-5H3,(H,44,54)(H,45,51)(H2,43,46,53)/t33-,34-/m0/s1. The molecule has 0 bridgehead atoms. The number of amides is 5. The number of rotatable bonds is 16. The predicted octanol–water partition coefficient (Wildman–Crippen LogP) is 4.80. The lowest BCUT2D eigenvalue weighted by Crippen LogP contribution is -2.59. The molecular weight excluding hydrogens is 850 g/mol. The van der Waals surface area contributed by atoms with Crippen LogP contribution in [0.15, 0.2) is 45.3 Å². The third-order valence-corrected chi connectivity index (χ3v) is 11.2.